The van der Waals surface area contributed by atoms with Gasteiger partial charge in [-0.2, -0.15) is 5.10 Å². The van der Waals surface area contributed by atoms with E-state index in [0.717, 1.165) is 35.5 Å². The lowest BCUT2D eigenvalue weighted by atomic mass is 9.77. The van der Waals surface area contributed by atoms with E-state index in [0.29, 0.717) is 12.4 Å². The Kier molecular flexibility index (Phi) is 4.53. The fourth-order valence-corrected chi connectivity index (χ4v) is 2.90. The highest BCUT2D eigenvalue weighted by atomic mass is 16.2. The van der Waals surface area contributed by atoms with E-state index in [2.05, 4.69) is 31.1 Å². The lowest BCUT2D eigenvalue weighted by Crippen LogP contribution is -2.57. The van der Waals surface area contributed by atoms with Gasteiger partial charge in [0.1, 0.15) is 5.82 Å². The second-order valence-corrected chi connectivity index (χ2v) is 6.47. The Bertz CT molecular complexity index is 729. The first kappa shape index (κ1) is 16.4. The van der Waals surface area contributed by atoms with Crippen LogP contribution in [0.5, 0.6) is 0 Å². The first-order chi connectivity index (χ1) is 11.5. The number of amides is 2. The summed E-state index contributed by atoms with van der Waals surface area (Å²) in [7, 11) is 1.95. The summed E-state index contributed by atoms with van der Waals surface area (Å²) in [6.07, 6.45) is 3.41. The number of aryl methyl sites for hydroxylation is 2. The zero-order valence-electron chi connectivity index (χ0n) is 14.4. The number of hydrogen-bond acceptors (Lipinski definition) is 4. The molecular weight excluding hydrogens is 304 g/mol. The minimum absolute atomic E-state index is 0.0602. The van der Waals surface area contributed by atoms with Crippen molar-refractivity contribution >= 4 is 11.7 Å². The van der Waals surface area contributed by atoms with Gasteiger partial charge in [-0.25, -0.2) is 9.78 Å². The van der Waals surface area contributed by atoms with Gasteiger partial charge in [-0.1, -0.05) is 12.1 Å². The van der Waals surface area contributed by atoms with Crippen LogP contribution in [0.2, 0.25) is 0 Å². The molecule has 0 radical (unpaired) electrons. The first-order valence-electron chi connectivity index (χ1n) is 8.25. The summed E-state index contributed by atoms with van der Waals surface area (Å²) >= 11 is 0. The molecule has 1 aliphatic rings. The van der Waals surface area contributed by atoms with Crippen molar-refractivity contribution in [1.29, 1.82) is 0 Å². The number of anilines is 1. The first-order valence-corrected chi connectivity index (χ1v) is 8.25. The number of nitrogens with one attached hydrogen (secondary N) is 4. The number of carbonyl (C=O) groups excluding carboxylic acids is 1. The number of benzene rings is 1. The smallest absolute Gasteiger partial charge is 0.319 e. The Morgan fingerprint density at radius 1 is 1.33 bits per heavy atom. The number of urea groups is 1. The fourth-order valence-electron chi connectivity index (χ4n) is 2.90. The topological polar surface area (TPSA) is 94.7 Å². The molecule has 2 aromatic rings. The zero-order valence-corrected chi connectivity index (χ0v) is 14.4. The minimum Gasteiger partial charge on any atom is -0.336 e. The Morgan fingerprint density at radius 3 is 2.71 bits per heavy atom. The highest BCUT2D eigenvalue weighted by Gasteiger charge is 2.35. The number of H-pyrrole nitrogens is 1. The number of aromatic nitrogens is 3. The standard InChI is InChI=1S/C17H24N6O/c1-11-5-6-13(15-20-12(2)22-23-15)9-14(11)21-16(24)19-10-17(18-3)7-4-8-17/h5-6,9,18H,4,7-8,10H2,1-3H3,(H2,19,21,24)(H,20,22,23). The third-order valence-electron chi connectivity index (χ3n) is 4.77. The van der Waals surface area contributed by atoms with Crippen LogP contribution in [0.4, 0.5) is 10.5 Å². The number of aromatic amines is 1. The summed E-state index contributed by atoms with van der Waals surface area (Å²) in [4.78, 5) is 16.6. The second-order valence-electron chi connectivity index (χ2n) is 6.47. The summed E-state index contributed by atoms with van der Waals surface area (Å²) in [6.45, 7) is 4.45. The van der Waals surface area contributed by atoms with Crippen molar-refractivity contribution in [3.63, 3.8) is 0 Å². The van der Waals surface area contributed by atoms with Crippen molar-refractivity contribution in [1.82, 2.24) is 25.8 Å². The SMILES string of the molecule is CNC1(CNC(=O)Nc2cc(-c3n[nH]c(C)n3)ccc2C)CCC1. The van der Waals surface area contributed by atoms with Gasteiger partial charge < -0.3 is 16.0 Å². The van der Waals surface area contributed by atoms with Gasteiger partial charge in [0.25, 0.3) is 0 Å². The van der Waals surface area contributed by atoms with Gasteiger partial charge in [-0.3, -0.25) is 5.10 Å². The molecule has 1 fully saturated rings. The molecule has 7 heteroatoms. The summed E-state index contributed by atoms with van der Waals surface area (Å²) in [5.41, 5.74) is 2.68. The average Bonchev–Trinajstić information content (AvgIpc) is 2.95. The van der Waals surface area contributed by atoms with Gasteiger partial charge in [0, 0.05) is 23.3 Å². The predicted molar refractivity (Wildman–Crippen MR) is 94.0 cm³/mol. The van der Waals surface area contributed by atoms with E-state index >= 15 is 0 Å². The van der Waals surface area contributed by atoms with E-state index in [-0.39, 0.29) is 11.6 Å². The Morgan fingerprint density at radius 2 is 2.12 bits per heavy atom. The Labute approximate surface area is 141 Å². The van der Waals surface area contributed by atoms with E-state index in [4.69, 9.17) is 0 Å². The van der Waals surface area contributed by atoms with Crippen molar-refractivity contribution in [2.45, 2.75) is 38.6 Å². The van der Waals surface area contributed by atoms with Crippen molar-refractivity contribution in [2.24, 2.45) is 0 Å². The van der Waals surface area contributed by atoms with Gasteiger partial charge in [0.2, 0.25) is 0 Å². The highest BCUT2D eigenvalue weighted by molar-refractivity contribution is 5.91. The zero-order chi connectivity index (χ0) is 17.2. The monoisotopic (exact) mass is 328 g/mol. The molecule has 1 saturated carbocycles. The molecule has 0 spiro atoms. The molecule has 3 rings (SSSR count). The number of carbonyl (C=O) groups is 1. The molecule has 1 aromatic heterocycles. The molecule has 4 N–H and O–H groups in total. The van der Waals surface area contributed by atoms with Crippen LogP contribution in [-0.4, -0.2) is 40.3 Å². The van der Waals surface area contributed by atoms with Gasteiger partial charge in [0.05, 0.1) is 0 Å². The molecule has 0 saturated heterocycles. The Hall–Kier alpha value is -2.41. The lowest BCUT2D eigenvalue weighted by Gasteiger charge is -2.41. The molecule has 24 heavy (non-hydrogen) atoms. The van der Waals surface area contributed by atoms with Crippen LogP contribution in [-0.2, 0) is 0 Å². The maximum Gasteiger partial charge on any atom is 0.319 e. The maximum absolute atomic E-state index is 12.2. The van der Waals surface area contributed by atoms with E-state index < -0.39 is 0 Å². The highest BCUT2D eigenvalue weighted by Crippen LogP contribution is 2.30. The van der Waals surface area contributed by atoms with Gasteiger partial charge in [-0.15, -0.1) is 0 Å². The molecule has 7 nitrogen and oxygen atoms in total. The van der Waals surface area contributed by atoms with Crippen LogP contribution in [0.25, 0.3) is 11.4 Å². The molecule has 128 valence electrons. The van der Waals surface area contributed by atoms with E-state index in [1.807, 2.05) is 39.1 Å². The molecule has 1 aliphatic carbocycles. The van der Waals surface area contributed by atoms with Crippen molar-refractivity contribution < 1.29 is 4.79 Å². The largest absolute Gasteiger partial charge is 0.336 e. The van der Waals surface area contributed by atoms with Crippen molar-refractivity contribution in [3.8, 4) is 11.4 Å². The second kappa shape index (κ2) is 6.60. The van der Waals surface area contributed by atoms with Crippen LogP contribution in [0.1, 0.15) is 30.7 Å². The molecule has 0 atom stereocenters. The predicted octanol–water partition coefficient (Wildman–Crippen LogP) is 2.35. The molecule has 0 bridgehead atoms. The van der Waals surface area contributed by atoms with Crippen LogP contribution in [0, 0.1) is 13.8 Å². The summed E-state index contributed by atoms with van der Waals surface area (Å²) in [5.74, 6) is 1.38. The van der Waals surface area contributed by atoms with Gasteiger partial charge >= 0.3 is 6.03 Å². The summed E-state index contributed by atoms with van der Waals surface area (Å²) in [5, 5.41) is 16.2. The minimum atomic E-state index is -0.192. The maximum atomic E-state index is 12.2. The molecule has 1 aromatic carbocycles. The van der Waals surface area contributed by atoms with Gasteiger partial charge in [0.15, 0.2) is 5.82 Å². The number of rotatable bonds is 5. The molecule has 0 unspecified atom stereocenters. The van der Waals surface area contributed by atoms with E-state index in [1.54, 1.807) is 0 Å². The molecule has 1 heterocycles. The van der Waals surface area contributed by atoms with Crippen molar-refractivity contribution in [3.05, 3.63) is 29.6 Å². The summed E-state index contributed by atoms with van der Waals surface area (Å²) in [6, 6.07) is 5.61. The van der Waals surface area contributed by atoms with Crippen LogP contribution < -0.4 is 16.0 Å². The van der Waals surface area contributed by atoms with Crippen molar-refractivity contribution in [2.75, 3.05) is 18.9 Å². The lowest BCUT2D eigenvalue weighted by molar-refractivity contribution is 0.191. The average molecular weight is 328 g/mol. The molecule has 2 amide bonds. The third kappa shape index (κ3) is 3.41. The number of likely N-dealkylation sites (N-methyl/N-ethyl adjacent to an activating group) is 1. The van der Waals surface area contributed by atoms with Crippen LogP contribution >= 0.6 is 0 Å². The summed E-state index contributed by atoms with van der Waals surface area (Å²) < 4.78 is 0. The fraction of sp³-hybridized carbons (Fsp3) is 0.471. The Balaban J connectivity index is 1.66. The quantitative estimate of drug-likeness (QED) is 0.677. The van der Waals surface area contributed by atoms with Crippen LogP contribution in [0.15, 0.2) is 18.2 Å². The number of hydrogen-bond donors (Lipinski definition) is 4. The van der Waals surface area contributed by atoms with E-state index in [9.17, 15) is 4.79 Å². The number of nitrogens with zero attached hydrogens (tertiary/aromatic N) is 2. The van der Waals surface area contributed by atoms with Gasteiger partial charge in [-0.05, 0) is 51.8 Å². The molecule has 0 aliphatic heterocycles. The normalized spacial score (nSPS) is 15.6. The van der Waals surface area contributed by atoms with Crippen LogP contribution in [0.3, 0.4) is 0 Å². The molecular formula is C17H24N6O. The van der Waals surface area contributed by atoms with E-state index in [1.165, 1.54) is 6.42 Å². The third-order valence-corrected chi connectivity index (χ3v) is 4.77.